The lowest BCUT2D eigenvalue weighted by atomic mass is 10.1. The number of carbonyl (C=O) groups excluding carboxylic acids is 3. The van der Waals surface area contributed by atoms with E-state index in [2.05, 4.69) is 20.0 Å². The van der Waals surface area contributed by atoms with Gasteiger partial charge in [0.05, 0.1) is 68.5 Å². The van der Waals surface area contributed by atoms with E-state index in [-0.39, 0.29) is 64.1 Å². The molecule has 1 atom stereocenters. The number of nitrogens with zero attached hydrogens (tertiary/aromatic N) is 3. The van der Waals surface area contributed by atoms with Crippen molar-refractivity contribution in [3.63, 3.8) is 0 Å². The number of benzene rings is 2. The number of aliphatic hydroxyl groups excluding tert-OH is 1. The minimum absolute atomic E-state index is 0.0605. The number of anilines is 2. The van der Waals surface area contributed by atoms with Gasteiger partial charge in [0.15, 0.2) is 11.5 Å². The summed E-state index contributed by atoms with van der Waals surface area (Å²) >= 11 is 0. The summed E-state index contributed by atoms with van der Waals surface area (Å²) in [7, 11) is 0.00338. The molecule has 3 aromatic rings. The van der Waals surface area contributed by atoms with Crippen molar-refractivity contribution in [1.29, 1.82) is 0 Å². The lowest BCUT2D eigenvalue weighted by Crippen LogP contribution is -2.34. The molecule has 0 radical (unpaired) electrons. The first kappa shape index (κ1) is 51.3. The Morgan fingerprint density at radius 1 is 0.862 bits per heavy atom. The van der Waals surface area contributed by atoms with Crippen molar-refractivity contribution in [1.82, 2.24) is 19.6 Å². The number of aromatic nitrogens is 2. The Morgan fingerprint density at radius 3 is 2.07 bits per heavy atom. The molecule has 0 fully saturated rings. The van der Waals surface area contributed by atoms with Crippen LogP contribution in [0, 0.1) is 0 Å². The van der Waals surface area contributed by atoms with Gasteiger partial charge in [0.1, 0.15) is 34.5 Å². The minimum atomic E-state index is -1.59. The van der Waals surface area contributed by atoms with Gasteiger partial charge in [0, 0.05) is 24.7 Å². The molecule has 17 heteroatoms. The van der Waals surface area contributed by atoms with Crippen LogP contribution < -0.4 is 20.5 Å². The molecule has 1 unspecified atom stereocenters. The molecule has 1 heterocycles. The van der Waals surface area contributed by atoms with E-state index >= 15 is 0 Å². The second kappa shape index (κ2) is 26.3. The first-order valence-electron chi connectivity index (χ1n) is 19.3. The van der Waals surface area contributed by atoms with Crippen LogP contribution in [0.4, 0.5) is 16.3 Å². The Bertz CT molecular complexity index is 1730. The number of nitrogen functional groups attached to an aromatic ring is 1. The van der Waals surface area contributed by atoms with Gasteiger partial charge in [-0.25, -0.2) is 23.7 Å². The third-order valence-electron chi connectivity index (χ3n) is 6.90. The molecule has 0 saturated heterocycles. The number of para-hydroxylation sites is 1. The summed E-state index contributed by atoms with van der Waals surface area (Å²) in [6, 6.07) is 11.8. The standard InChI is InChI=1S/C37H52N6O10S.2C2H6/c1-36(2,3)52-30(45)15-16-40-54(48)27-13-11-25(12-14-27)29-23-39-33(38)31(41-29)34(46)42-28-10-8-9-26(24-43(7)35(47)53-37(4,5)6)32(28)51-22-21-50-20-19-49-18-17-44;2*1-2/h8-14,23,40,44H,15-22,24H2,1-7H3,(H2,38,39)(H,42,46);2*1-2H3. The van der Waals surface area contributed by atoms with Crippen LogP contribution in [0.15, 0.2) is 53.6 Å². The van der Waals surface area contributed by atoms with Gasteiger partial charge in [-0.15, -0.1) is 0 Å². The molecule has 2 amide bonds. The Balaban J connectivity index is 0.00000407. The van der Waals surface area contributed by atoms with Gasteiger partial charge in [-0.2, -0.15) is 0 Å². The molecule has 0 saturated carbocycles. The van der Waals surface area contributed by atoms with Crippen LogP contribution in [0.2, 0.25) is 0 Å². The Morgan fingerprint density at radius 2 is 1.47 bits per heavy atom. The lowest BCUT2D eigenvalue weighted by molar-refractivity contribution is -0.154. The highest BCUT2D eigenvalue weighted by Crippen LogP contribution is 2.31. The molecular weight excluding hydrogens is 769 g/mol. The number of rotatable bonds is 19. The number of esters is 1. The van der Waals surface area contributed by atoms with Gasteiger partial charge in [-0.3, -0.25) is 9.59 Å². The monoisotopic (exact) mass is 832 g/mol. The lowest BCUT2D eigenvalue weighted by Gasteiger charge is -2.25. The van der Waals surface area contributed by atoms with Crippen LogP contribution in [0.25, 0.3) is 11.3 Å². The summed E-state index contributed by atoms with van der Waals surface area (Å²) < 4.78 is 43.2. The number of ether oxygens (including phenoxy) is 5. The first-order valence-corrected chi connectivity index (χ1v) is 20.5. The molecule has 0 aliphatic carbocycles. The fourth-order valence-electron chi connectivity index (χ4n) is 4.58. The maximum Gasteiger partial charge on any atom is 0.410 e. The quantitative estimate of drug-likeness (QED) is 0.0790. The van der Waals surface area contributed by atoms with Crippen LogP contribution in [0.5, 0.6) is 5.75 Å². The largest absolute Gasteiger partial charge is 0.489 e. The van der Waals surface area contributed by atoms with E-state index in [9.17, 15) is 18.6 Å². The first-order chi connectivity index (χ1) is 27.5. The highest BCUT2D eigenvalue weighted by molar-refractivity contribution is 7.83. The van der Waals surface area contributed by atoms with Crippen molar-refractivity contribution in [2.45, 2.75) is 98.3 Å². The molecule has 0 spiro atoms. The SMILES string of the molecule is CC.CC.CN(Cc1cccc(NC(=O)c2nc(-c3ccc(S(=O)NCCC(=O)OC(C)(C)C)cc3)cnc2N)c1OCCOCCOCCO)C(=O)OC(C)(C)C. The van der Waals surface area contributed by atoms with Crippen molar-refractivity contribution in [2.75, 3.05) is 64.3 Å². The Hall–Kier alpha value is -4.68. The molecule has 0 aliphatic rings. The maximum atomic E-state index is 13.7. The molecule has 3 rings (SSSR count). The molecule has 0 bridgehead atoms. The fraction of sp³-hybridized carbons (Fsp3) is 0.537. The predicted octanol–water partition coefficient (Wildman–Crippen LogP) is 6.15. The van der Waals surface area contributed by atoms with Crippen LogP contribution in [0.1, 0.15) is 91.7 Å². The van der Waals surface area contributed by atoms with Crippen LogP contribution in [0.3, 0.4) is 0 Å². The normalized spacial score (nSPS) is 11.5. The molecule has 16 nitrogen and oxygen atoms in total. The second-order valence-electron chi connectivity index (χ2n) is 13.9. The summed E-state index contributed by atoms with van der Waals surface area (Å²) in [4.78, 5) is 48.9. The van der Waals surface area contributed by atoms with Gasteiger partial charge in [-0.1, -0.05) is 52.0 Å². The average Bonchev–Trinajstić information content (AvgIpc) is 3.17. The van der Waals surface area contributed by atoms with Gasteiger partial charge in [0.2, 0.25) is 0 Å². The Kier molecular flexibility index (Phi) is 23.3. The third-order valence-corrected chi connectivity index (χ3v) is 8.07. The van der Waals surface area contributed by atoms with Crippen molar-refractivity contribution in [3.05, 3.63) is 59.9 Å². The summed E-state index contributed by atoms with van der Waals surface area (Å²) in [5, 5.41) is 11.7. The van der Waals surface area contributed by atoms with Crippen LogP contribution >= 0.6 is 0 Å². The van der Waals surface area contributed by atoms with Crippen molar-refractivity contribution in [2.24, 2.45) is 0 Å². The fourth-order valence-corrected chi connectivity index (χ4v) is 5.42. The topological polar surface area (TPSA) is 214 Å². The zero-order chi connectivity index (χ0) is 43.9. The van der Waals surface area contributed by atoms with E-state index in [0.29, 0.717) is 39.8 Å². The third kappa shape index (κ3) is 19.2. The van der Waals surface area contributed by atoms with E-state index in [4.69, 9.17) is 34.5 Å². The van der Waals surface area contributed by atoms with E-state index in [1.54, 1.807) is 91.1 Å². The minimum Gasteiger partial charge on any atom is -0.489 e. The summed E-state index contributed by atoms with van der Waals surface area (Å²) in [5.74, 6) is -0.863. The highest BCUT2D eigenvalue weighted by atomic mass is 32.2. The number of hydrogen-bond acceptors (Lipinski definition) is 13. The number of nitrogens with two attached hydrogens (primary N) is 1. The number of aliphatic hydroxyl groups is 1. The number of amides is 2. The van der Waals surface area contributed by atoms with Crippen molar-refractivity contribution >= 4 is 40.5 Å². The van der Waals surface area contributed by atoms with Gasteiger partial charge in [0.25, 0.3) is 5.91 Å². The summed E-state index contributed by atoms with van der Waals surface area (Å²) in [6.07, 6.45) is 0.946. The molecule has 58 heavy (non-hydrogen) atoms. The summed E-state index contributed by atoms with van der Waals surface area (Å²) in [6.45, 7) is 19.9. The number of nitrogens with one attached hydrogen (secondary N) is 2. The molecule has 5 N–H and O–H groups in total. The predicted molar refractivity (Wildman–Crippen MR) is 226 cm³/mol. The molecule has 0 aliphatic heterocycles. The average molecular weight is 833 g/mol. The smallest absolute Gasteiger partial charge is 0.410 e. The maximum absolute atomic E-state index is 13.7. The van der Waals surface area contributed by atoms with E-state index < -0.39 is 40.2 Å². The number of carbonyl (C=O) groups is 3. The van der Waals surface area contributed by atoms with Crippen molar-refractivity contribution < 1.29 is 47.4 Å². The van der Waals surface area contributed by atoms with E-state index in [0.717, 1.165) is 0 Å². The molecule has 324 valence electrons. The van der Waals surface area contributed by atoms with Crippen LogP contribution in [-0.2, 0) is 41.3 Å². The zero-order valence-electron chi connectivity index (χ0n) is 35.9. The van der Waals surface area contributed by atoms with Crippen molar-refractivity contribution in [3.8, 4) is 17.0 Å². The van der Waals surface area contributed by atoms with E-state index in [1.807, 2.05) is 27.7 Å². The summed E-state index contributed by atoms with van der Waals surface area (Å²) in [5.41, 5.74) is 6.48. The molecule has 2 aromatic carbocycles. The second-order valence-corrected chi connectivity index (χ2v) is 15.2. The molecule has 1 aromatic heterocycles. The molecular formula is C41H64N6O10S. The van der Waals surface area contributed by atoms with Gasteiger partial charge < -0.3 is 44.7 Å². The van der Waals surface area contributed by atoms with Gasteiger partial charge in [-0.05, 0) is 59.7 Å². The van der Waals surface area contributed by atoms with Crippen LogP contribution in [-0.4, -0.2) is 107 Å². The van der Waals surface area contributed by atoms with Gasteiger partial charge >= 0.3 is 12.1 Å². The number of hydrogen-bond donors (Lipinski definition) is 4. The zero-order valence-corrected chi connectivity index (χ0v) is 36.7. The Labute approximate surface area is 346 Å². The highest BCUT2D eigenvalue weighted by Gasteiger charge is 2.23. The van der Waals surface area contributed by atoms with E-state index in [1.165, 1.54) is 11.1 Å².